The molecule has 1 heterocycles. The maximum atomic E-state index is 10.2. The summed E-state index contributed by atoms with van der Waals surface area (Å²) < 4.78 is 0.167. The van der Waals surface area contributed by atoms with Crippen molar-refractivity contribution in [3.8, 4) is 0 Å². The summed E-state index contributed by atoms with van der Waals surface area (Å²) in [6.07, 6.45) is 3.30. The van der Waals surface area contributed by atoms with Crippen LogP contribution in [0.4, 0.5) is 0 Å². The number of rotatable bonds is 0. The minimum absolute atomic E-state index is 0.167. The van der Waals surface area contributed by atoms with E-state index in [9.17, 15) is 9.70 Å². The van der Waals surface area contributed by atoms with Gasteiger partial charge < -0.3 is 0 Å². The van der Waals surface area contributed by atoms with Crippen molar-refractivity contribution in [1.29, 1.82) is 0 Å². The van der Waals surface area contributed by atoms with Crippen molar-refractivity contribution in [2.75, 3.05) is 0 Å². The quantitative estimate of drug-likeness (QED) is 0.408. The molecule has 1 aliphatic heterocycles. The molecule has 8 heavy (non-hydrogen) atoms. The van der Waals surface area contributed by atoms with E-state index >= 15 is 0 Å². The topological polar surface area (TPSA) is 49.5 Å². The Morgan fingerprint density at radius 1 is 1.62 bits per heavy atom. The van der Waals surface area contributed by atoms with Gasteiger partial charge >= 0.3 is 12.2 Å². The van der Waals surface area contributed by atoms with Gasteiger partial charge in [0.15, 0.2) is 0 Å². The van der Waals surface area contributed by atoms with Gasteiger partial charge in [-0.3, -0.25) is 0 Å². The molecule has 0 aliphatic carbocycles. The summed E-state index contributed by atoms with van der Waals surface area (Å²) in [5.41, 5.74) is 0. The highest BCUT2D eigenvalue weighted by Gasteiger charge is 2.13. The van der Waals surface area contributed by atoms with Crippen LogP contribution in [0.5, 0.6) is 0 Å². The van der Waals surface area contributed by atoms with E-state index < -0.39 is 5.91 Å². The second-order valence-corrected chi connectivity index (χ2v) is 1.24. The smallest absolute Gasteiger partial charge is 0.237 e. The van der Waals surface area contributed by atoms with Crippen LogP contribution in [-0.4, -0.2) is 17.0 Å². The van der Waals surface area contributed by atoms with Crippen LogP contribution in [-0.2, 0) is 4.79 Å². The fraction of sp³-hybridized carbons (Fsp3) is 0. The molecule has 0 unspecified atom stereocenters. The molecule has 0 N–H and O–H groups in total. The molecule has 0 radical (unpaired) electrons. The number of hydrogen-bond acceptors (Lipinski definition) is 3. The van der Waals surface area contributed by atoms with Crippen molar-refractivity contribution in [2.24, 2.45) is 4.99 Å². The molecule has 0 aromatic rings. The SMILES string of the molecule is O=C1C=CN=C[N+]1=O. The maximum Gasteiger partial charge on any atom is 0.381 e. The Labute approximate surface area is 45.1 Å². The zero-order valence-electron chi connectivity index (χ0n) is 3.94. The zero-order valence-corrected chi connectivity index (χ0v) is 3.94. The van der Waals surface area contributed by atoms with E-state index in [1.807, 2.05) is 0 Å². The zero-order chi connectivity index (χ0) is 5.98. The number of aliphatic imine (C=N–C) groups is 1. The lowest BCUT2D eigenvalue weighted by Crippen LogP contribution is -2.15. The van der Waals surface area contributed by atoms with Crippen LogP contribution in [0.15, 0.2) is 17.3 Å². The second kappa shape index (κ2) is 1.65. The Kier molecular flexibility index (Phi) is 0.997. The lowest BCUT2D eigenvalue weighted by atomic mass is 10.5. The molecule has 0 atom stereocenters. The third-order valence-electron chi connectivity index (χ3n) is 0.692. The summed E-state index contributed by atoms with van der Waals surface area (Å²) in [5, 5.41) is 0. The van der Waals surface area contributed by atoms with Gasteiger partial charge in [-0.1, -0.05) is 9.90 Å². The number of carbonyl (C=O) groups excluding carboxylic acids is 1. The maximum absolute atomic E-state index is 10.2. The van der Waals surface area contributed by atoms with E-state index in [1.54, 1.807) is 0 Å². The highest BCUT2D eigenvalue weighted by Crippen LogP contribution is 1.85. The van der Waals surface area contributed by atoms with E-state index in [0.29, 0.717) is 0 Å². The van der Waals surface area contributed by atoms with Crippen LogP contribution in [0.1, 0.15) is 0 Å². The average molecular weight is 111 g/mol. The normalized spacial score (nSPS) is 17.5. The minimum atomic E-state index is -0.583. The van der Waals surface area contributed by atoms with Gasteiger partial charge in [0.1, 0.15) is 6.20 Å². The van der Waals surface area contributed by atoms with Crippen LogP contribution < -0.4 is 0 Å². The van der Waals surface area contributed by atoms with E-state index in [-0.39, 0.29) is 4.76 Å². The fourth-order valence-corrected chi connectivity index (χ4v) is 0.336. The van der Waals surface area contributed by atoms with Gasteiger partial charge in [-0.05, 0) is 0 Å². The van der Waals surface area contributed by atoms with E-state index in [4.69, 9.17) is 0 Å². The summed E-state index contributed by atoms with van der Waals surface area (Å²) >= 11 is 0. The molecular formula is C4H3N2O2+. The number of hydrogen-bond donors (Lipinski definition) is 0. The van der Waals surface area contributed by atoms with Gasteiger partial charge in [-0.15, -0.1) is 0 Å². The number of carbonyl (C=O) groups is 1. The Morgan fingerprint density at radius 2 is 2.38 bits per heavy atom. The Morgan fingerprint density at radius 3 is 2.75 bits per heavy atom. The minimum Gasteiger partial charge on any atom is -0.237 e. The summed E-state index contributed by atoms with van der Waals surface area (Å²) in [7, 11) is 0. The summed E-state index contributed by atoms with van der Waals surface area (Å²) in [6.45, 7) is 0. The van der Waals surface area contributed by atoms with Crippen LogP contribution in [0.2, 0.25) is 0 Å². The van der Waals surface area contributed by atoms with Crippen LogP contribution >= 0.6 is 0 Å². The van der Waals surface area contributed by atoms with Crippen molar-refractivity contribution >= 4 is 12.2 Å². The highest BCUT2D eigenvalue weighted by atomic mass is 16.3. The molecule has 0 bridgehead atoms. The molecule has 0 fully saturated rings. The standard InChI is InChI=1S/C4H3N2O2/c7-4-1-2-5-3-6(4)8/h1-3H/q+1. The highest BCUT2D eigenvalue weighted by molar-refractivity contribution is 5.86. The molecule has 0 saturated carbocycles. The van der Waals surface area contributed by atoms with E-state index in [1.165, 1.54) is 6.20 Å². The molecule has 1 amide bonds. The third kappa shape index (κ3) is 0.676. The van der Waals surface area contributed by atoms with Gasteiger partial charge in [0.05, 0.1) is 6.08 Å². The molecule has 4 nitrogen and oxygen atoms in total. The van der Waals surface area contributed by atoms with Crippen LogP contribution in [0.3, 0.4) is 0 Å². The second-order valence-electron chi connectivity index (χ2n) is 1.24. The molecule has 4 heteroatoms. The molecule has 1 rings (SSSR count). The lowest BCUT2D eigenvalue weighted by Gasteiger charge is -1.80. The van der Waals surface area contributed by atoms with Gasteiger partial charge in [-0.25, -0.2) is 4.79 Å². The van der Waals surface area contributed by atoms with E-state index in [0.717, 1.165) is 12.4 Å². The molecule has 40 valence electrons. The average Bonchev–Trinajstić information content (AvgIpc) is 1.77. The molecule has 0 saturated heterocycles. The van der Waals surface area contributed by atoms with Crippen molar-refractivity contribution in [2.45, 2.75) is 0 Å². The monoisotopic (exact) mass is 111 g/mol. The molecule has 0 aromatic heterocycles. The van der Waals surface area contributed by atoms with Gasteiger partial charge in [0.2, 0.25) is 0 Å². The molecular weight excluding hydrogens is 108 g/mol. The van der Waals surface area contributed by atoms with Crippen molar-refractivity contribution < 1.29 is 9.55 Å². The van der Waals surface area contributed by atoms with Crippen LogP contribution in [0.25, 0.3) is 0 Å². The van der Waals surface area contributed by atoms with Gasteiger partial charge in [-0.2, -0.15) is 0 Å². The Bertz CT molecular complexity index is 170. The largest absolute Gasteiger partial charge is 0.381 e. The Hall–Kier alpha value is -1.32. The van der Waals surface area contributed by atoms with E-state index in [2.05, 4.69) is 4.99 Å². The Balaban J connectivity index is 2.89. The first kappa shape index (κ1) is 4.83. The summed E-state index contributed by atoms with van der Waals surface area (Å²) in [5.74, 6) is -0.583. The summed E-state index contributed by atoms with van der Waals surface area (Å²) in [6, 6.07) is 0. The number of nitroso groups, excluding NO2 is 1. The van der Waals surface area contributed by atoms with Crippen LogP contribution in [0, 0.1) is 4.91 Å². The number of amides is 1. The molecule has 1 aliphatic rings. The predicted molar refractivity (Wildman–Crippen MR) is 26.3 cm³/mol. The fourth-order valence-electron chi connectivity index (χ4n) is 0.336. The molecule has 0 aromatic carbocycles. The first-order chi connectivity index (χ1) is 3.80. The predicted octanol–water partition coefficient (Wildman–Crippen LogP) is -0.153. The van der Waals surface area contributed by atoms with Gasteiger partial charge in [0.25, 0.3) is 0 Å². The first-order valence-corrected chi connectivity index (χ1v) is 2.01. The molecule has 0 spiro atoms. The number of nitrogens with zero attached hydrogens (tertiary/aromatic N) is 2. The van der Waals surface area contributed by atoms with Crippen molar-refractivity contribution in [3.63, 3.8) is 0 Å². The van der Waals surface area contributed by atoms with Gasteiger partial charge in [0, 0.05) is 4.76 Å². The first-order valence-electron chi connectivity index (χ1n) is 2.01. The lowest BCUT2D eigenvalue weighted by molar-refractivity contribution is -0.344. The van der Waals surface area contributed by atoms with Crippen molar-refractivity contribution in [3.05, 3.63) is 17.2 Å². The third-order valence-corrected chi connectivity index (χ3v) is 0.692. The van der Waals surface area contributed by atoms with Crippen molar-refractivity contribution in [1.82, 2.24) is 0 Å². The summed E-state index contributed by atoms with van der Waals surface area (Å²) in [4.78, 5) is 23.8.